The molecule has 0 heterocycles. The molecule has 0 radical (unpaired) electrons. The highest BCUT2D eigenvalue weighted by molar-refractivity contribution is 7.92. The van der Waals surface area contributed by atoms with E-state index in [1.165, 1.54) is 17.0 Å². The van der Waals surface area contributed by atoms with E-state index in [4.69, 9.17) is 16.3 Å². The number of carbonyl (C=O) groups is 2. The normalized spacial score (nSPS) is 12.5. The van der Waals surface area contributed by atoms with Gasteiger partial charge in [0, 0.05) is 24.0 Å². The van der Waals surface area contributed by atoms with Gasteiger partial charge in [0.1, 0.15) is 24.2 Å². The van der Waals surface area contributed by atoms with E-state index in [1.807, 2.05) is 51.1 Å². The number of halogens is 2. The topological polar surface area (TPSA) is 96.0 Å². The Hall–Kier alpha value is -4.41. The van der Waals surface area contributed by atoms with Crippen molar-refractivity contribution >= 4 is 39.1 Å². The summed E-state index contributed by atoms with van der Waals surface area (Å²) in [4.78, 5) is 29.7. The molecule has 0 fully saturated rings. The van der Waals surface area contributed by atoms with Crippen molar-refractivity contribution in [2.75, 3.05) is 17.5 Å². The predicted octanol–water partition coefficient (Wildman–Crippen LogP) is 6.63. The quantitative estimate of drug-likeness (QED) is 0.152. The van der Waals surface area contributed by atoms with Gasteiger partial charge in [-0.25, -0.2) is 12.8 Å². The summed E-state index contributed by atoms with van der Waals surface area (Å²) >= 11 is 6.54. The van der Waals surface area contributed by atoms with Crippen LogP contribution in [-0.4, -0.2) is 50.4 Å². The van der Waals surface area contributed by atoms with Crippen LogP contribution in [0.3, 0.4) is 0 Å². The molecular formula is C36H39ClFN3O5S. The first-order chi connectivity index (χ1) is 22.5. The molecule has 47 heavy (non-hydrogen) atoms. The van der Waals surface area contributed by atoms with Gasteiger partial charge in [-0.15, -0.1) is 0 Å². The Balaban J connectivity index is 1.81. The van der Waals surface area contributed by atoms with Crippen molar-refractivity contribution in [3.8, 4) is 5.75 Å². The van der Waals surface area contributed by atoms with Crippen molar-refractivity contribution in [2.24, 2.45) is 0 Å². The highest BCUT2D eigenvalue weighted by atomic mass is 35.5. The maximum absolute atomic E-state index is 14.5. The predicted molar refractivity (Wildman–Crippen MR) is 182 cm³/mol. The van der Waals surface area contributed by atoms with Gasteiger partial charge in [0.05, 0.1) is 17.2 Å². The molecule has 0 aromatic heterocycles. The molecule has 4 rings (SSSR count). The minimum Gasteiger partial charge on any atom is -0.494 e. The zero-order chi connectivity index (χ0) is 34.0. The Morgan fingerprint density at radius 2 is 1.53 bits per heavy atom. The summed E-state index contributed by atoms with van der Waals surface area (Å²) in [6, 6.07) is 25.8. The third-order valence-corrected chi connectivity index (χ3v) is 9.84. The Labute approximate surface area is 281 Å². The molecule has 0 aliphatic heterocycles. The number of rotatable bonds is 15. The maximum Gasteiger partial charge on any atom is 0.264 e. The van der Waals surface area contributed by atoms with E-state index < -0.39 is 34.3 Å². The molecule has 1 N–H and O–H groups in total. The number of anilines is 1. The Kier molecular flexibility index (Phi) is 12.4. The van der Waals surface area contributed by atoms with Gasteiger partial charge in [0.2, 0.25) is 11.8 Å². The number of hydrogen-bond acceptors (Lipinski definition) is 5. The number of sulfonamides is 1. The average molecular weight is 680 g/mol. The Bertz CT molecular complexity index is 1740. The summed E-state index contributed by atoms with van der Waals surface area (Å²) < 4.78 is 48.5. The number of benzene rings is 4. The number of ether oxygens (including phenoxy) is 1. The highest BCUT2D eigenvalue weighted by Gasteiger charge is 2.35. The molecule has 11 heteroatoms. The first-order valence-corrected chi connectivity index (χ1v) is 17.2. The van der Waals surface area contributed by atoms with Gasteiger partial charge in [-0.3, -0.25) is 13.9 Å². The zero-order valence-corrected chi connectivity index (χ0v) is 28.2. The van der Waals surface area contributed by atoms with Gasteiger partial charge < -0.3 is 15.0 Å². The fourth-order valence-corrected chi connectivity index (χ4v) is 6.55. The third kappa shape index (κ3) is 9.33. The molecule has 2 atom stereocenters. The number of carbonyl (C=O) groups excluding carboxylic acids is 2. The minimum absolute atomic E-state index is 0.0579. The molecule has 0 saturated carbocycles. The van der Waals surface area contributed by atoms with E-state index in [-0.39, 0.29) is 35.5 Å². The second-order valence-electron chi connectivity index (χ2n) is 11.0. The molecule has 248 valence electrons. The molecule has 8 nitrogen and oxygen atoms in total. The van der Waals surface area contributed by atoms with Crippen LogP contribution in [0.4, 0.5) is 10.1 Å². The molecular weight excluding hydrogens is 641 g/mol. The van der Waals surface area contributed by atoms with Crippen molar-refractivity contribution in [2.45, 2.75) is 57.1 Å². The van der Waals surface area contributed by atoms with Gasteiger partial charge in [-0.05, 0) is 86.0 Å². The monoisotopic (exact) mass is 679 g/mol. The lowest BCUT2D eigenvalue weighted by Gasteiger charge is -2.34. The first kappa shape index (κ1) is 35.4. The lowest BCUT2D eigenvalue weighted by Crippen LogP contribution is -2.54. The summed E-state index contributed by atoms with van der Waals surface area (Å²) in [7, 11) is -4.38. The molecule has 4 aromatic rings. The standard InChI is InChI=1S/C36H39ClFN3O5S/c1-4-26(3)39-36(43)34(23-27-11-7-6-8-12-27)40(24-28-13-9-10-14-33(28)37)35(42)25-41(30-17-19-31(20-18-30)46-5-2)47(44,45)32-21-15-29(38)16-22-32/h6-22,26,34H,4-5,23-25H2,1-3H3,(H,39,43). The Morgan fingerprint density at radius 3 is 2.15 bits per heavy atom. The van der Waals surface area contributed by atoms with Gasteiger partial charge in [-0.1, -0.05) is 67.1 Å². The van der Waals surface area contributed by atoms with E-state index in [0.717, 1.165) is 34.1 Å². The van der Waals surface area contributed by atoms with Crippen LogP contribution in [0.1, 0.15) is 38.3 Å². The lowest BCUT2D eigenvalue weighted by atomic mass is 10.0. The van der Waals surface area contributed by atoms with Gasteiger partial charge >= 0.3 is 0 Å². The summed E-state index contributed by atoms with van der Waals surface area (Å²) in [6.07, 6.45) is 0.844. The van der Waals surface area contributed by atoms with Gasteiger partial charge in [0.25, 0.3) is 10.0 Å². The van der Waals surface area contributed by atoms with Crippen LogP contribution in [0.15, 0.2) is 108 Å². The van der Waals surface area contributed by atoms with Crippen LogP contribution in [0, 0.1) is 5.82 Å². The van der Waals surface area contributed by atoms with Crippen LogP contribution in [-0.2, 0) is 32.6 Å². The van der Waals surface area contributed by atoms with E-state index in [2.05, 4.69) is 5.32 Å². The fourth-order valence-electron chi connectivity index (χ4n) is 4.94. The first-order valence-electron chi connectivity index (χ1n) is 15.4. The molecule has 2 unspecified atom stereocenters. The van der Waals surface area contributed by atoms with Crippen LogP contribution in [0.2, 0.25) is 5.02 Å². The molecule has 0 saturated heterocycles. The van der Waals surface area contributed by atoms with Crippen molar-refractivity contribution in [1.82, 2.24) is 10.2 Å². The number of nitrogens with one attached hydrogen (secondary N) is 1. The smallest absolute Gasteiger partial charge is 0.264 e. The second-order valence-corrected chi connectivity index (χ2v) is 13.3. The van der Waals surface area contributed by atoms with Crippen LogP contribution in [0.5, 0.6) is 5.75 Å². The number of hydrogen-bond donors (Lipinski definition) is 1. The molecule has 4 aromatic carbocycles. The van der Waals surface area contributed by atoms with Crippen LogP contribution < -0.4 is 14.4 Å². The molecule has 0 aliphatic rings. The second kappa shape index (κ2) is 16.4. The van der Waals surface area contributed by atoms with Crippen molar-refractivity contribution < 1.29 is 27.1 Å². The number of nitrogens with zero attached hydrogens (tertiary/aromatic N) is 2. The van der Waals surface area contributed by atoms with E-state index in [1.54, 1.807) is 36.4 Å². The summed E-state index contributed by atoms with van der Waals surface area (Å²) in [5.74, 6) is -1.09. The zero-order valence-electron chi connectivity index (χ0n) is 26.6. The lowest BCUT2D eigenvalue weighted by molar-refractivity contribution is -0.140. The van der Waals surface area contributed by atoms with E-state index >= 15 is 0 Å². The van der Waals surface area contributed by atoms with E-state index in [0.29, 0.717) is 29.4 Å². The van der Waals surface area contributed by atoms with Crippen molar-refractivity contribution in [1.29, 1.82) is 0 Å². The SMILES string of the molecule is CCOc1ccc(N(CC(=O)N(Cc2ccccc2Cl)C(Cc2ccccc2)C(=O)NC(C)CC)S(=O)(=O)c2ccc(F)cc2)cc1. The highest BCUT2D eigenvalue weighted by Crippen LogP contribution is 2.28. The maximum atomic E-state index is 14.5. The summed E-state index contributed by atoms with van der Waals surface area (Å²) in [5.41, 5.74) is 1.59. The molecule has 0 aliphatic carbocycles. The van der Waals surface area contributed by atoms with Gasteiger partial charge in [0.15, 0.2) is 0 Å². The van der Waals surface area contributed by atoms with Crippen LogP contribution >= 0.6 is 11.6 Å². The third-order valence-electron chi connectivity index (χ3n) is 7.69. The van der Waals surface area contributed by atoms with Gasteiger partial charge in [-0.2, -0.15) is 0 Å². The van der Waals surface area contributed by atoms with Crippen molar-refractivity contribution in [3.63, 3.8) is 0 Å². The number of amides is 2. The average Bonchev–Trinajstić information content (AvgIpc) is 3.07. The molecule has 0 bridgehead atoms. The molecule has 2 amide bonds. The Morgan fingerprint density at radius 1 is 0.894 bits per heavy atom. The largest absolute Gasteiger partial charge is 0.494 e. The summed E-state index contributed by atoms with van der Waals surface area (Å²) in [6.45, 7) is 5.35. The van der Waals surface area contributed by atoms with Crippen molar-refractivity contribution in [3.05, 3.63) is 125 Å². The van der Waals surface area contributed by atoms with E-state index in [9.17, 15) is 22.4 Å². The van der Waals surface area contributed by atoms with Crippen LogP contribution in [0.25, 0.3) is 0 Å². The summed E-state index contributed by atoms with van der Waals surface area (Å²) in [5, 5.41) is 3.40. The minimum atomic E-state index is -4.38. The fraction of sp³-hybridized carbons (Fsp3) is 0.278. The molecule has 0 spiro atoms.